The standard InChI is InChI=1S/C23H26N4O2/c28-22(17-6-2-1-3-7-17)24-14-15-25-23(29)18-10-12-19(13-11-18)27-16-26-20-8-4-5-9-21(20)27/h4-5,8-13,16-17H,1-3,6-7,14-15H2,(H,24,28)(H,25,29). The van der Waals surface area contributed by atoms with Crippen molar-refractivity contribution in [1.29, 1.82) is 0 Å². The molecule has 2 N–H and O–H groups in total. The molecule has 6 heteroatoms. The highest BCUT2D eigenvalue weighted by molar-refractivity contribution is 5.94. The molecule has 1 heterocycles. The maximum atomic E-state index is 12.4. The molecule has 1 aliphatic rings. The van der Waals surface area contributed by atoms with Crippen LogP contribution < -0.4 is 10.6 Å². The first-order chi connectivity index (χ1) is 14.2. The third-order valence-electron chi connectivity index (χ3n) is 5.55. The first-order valence-corrected chi connectivity index (χ1v) is 10.3. The van der Waals surface area contributed by atoms with Gasteiger partial charge in [-0.15, -0.1) is 0 Å². The zero-order valence-electron chi connectivity index (χ0n) is 16.4. The minimum atomic E-state index is -0.140. The first kappa shape index (κ1) is 19.2. The number of nitrogens with zero attached hydrogens (tertiary/aromatic N) is 2. The number of para-hydroxylation sites is 2. The van der Waals surface area contributed by atoms with E-state index in [-0.39, 0.29) is 17.7 Å². The van der Waals surface area contributed by atoms with Crippen molar-refractivity contribution in [2.75, 3.05) is 13.1 Å². The van der Waals surface area contributed by atoms with Crippen LogP contribution in [0.5, 0.6) is 0 Å². The van der Waals surface area contributed by atoms with E-state index in [1.165, 1.54) is 6.42 Å². The monoisotopic (exact) mass is 390 g/mol. The molecule has 0 bridgehead atoms. The Bertz CT molecular complexity index is 988. The Morgan fingerprint density at radius 1 is 0.931 bits per heavy atom. The maximum absolute atomic E-state index is 12.4. The van der Waals surface area contributed by atoms with E-state index in [9.17, 15) is 9.59 Å². The van der Waals surface area contributed by atoms with E-state index >= 15 is 0 Å². The van der Waals surface area contributed by atoms with Crippen molar-refractivity contribution in [1.82, 2.24) is 20.2 Å². The van der Waals surface area contributed by atoms with Gasteiger partial charge in [-0.2, -0.15) is 0 Å². The van der Waals surface area contributed by atoms with E-state index in [2.05, 4.69) is 15.6 Å². The van der Waals surface area contributed by atoms with Crippen LogP contribution >= 0.6 is 0 Å². The summed E-state index contributed by atoms with van der Waals surface area (Å²) in [6.45, 7) is 0.880. The lowest BCUT2D eigenvalue weighted by Crippen LogP contribution is -2.38. The number of carbonyl (C=O) groups excluding carboxylic acids is 2. The van der Waals surface area contributed by atoms with Gasteiger partial charge >= 0.3 is 0 Å². The summed E-state index contributed by atoms with van der Waals surface area (Å²) in [4.78, 5) is 28.9. The van der Waals surface area contributed by atoms with Crippen LogP contribution in [0.1, 0.15) is 42.5 Å². The zero-order chi connectivity index (χ0) is 20.1. The minimum absolute atomic E-state index is 0.121. The van der Waals surface area contributed by atoms with Gasteiger partial charge in [-0.25, -0.2) is 4.98 Å². The van der Waals surface area contributed by atoms with Crippen molar-refractivity contribution < 1.29 is 9.59 Å². The Balaban J connectivity index is 1.29. The second kappa shape index (κ2) is 8.90. The molecule has 0 spiro atoms. The van der Waals surface area contributed by atoms with E-state index in [0.717, 1.165) is 42.4 Å². The first-order valence-electron chi connectivity index (χ1n) is 10.3. The molecule has 1 aliphatic carbocycles. The van der Waals surface area contributed by atoms with Crippen molar-refractivity contribution in [3.63, 3.8) is 0 Å². The van der Waals surface area contributed by atoms with Crippen molar-refractivity contribution in [3.8, 4) is 5.69 Å². The Morgan fingerprint density at radius 3 is 2.45 bits per heavy atom. The summed E-state index contributed by atoms with van der Waals surface area (Å²) in [7, 11) is 0. The molecule has 3 aromatic rings. The lowest BCUT2D eigenvalue weighted by Gasteiger charge is -2.20. The third kappa shape index (κ3) is 4.47. The van der Waals surface area contributed by atoms with Gasteiger partial charge in [0.2, 0.25) is 5.91 Å². The summed E-state index contributed by atoms with van der Waals surface area (Å²) < 4.78 is 2.00. The number of hydrogen-bond acceptors (Lipinski definition) is 3. The summed E-state index contributed by atoms with van der Waals surface area (Å²) >= 11 is 0. The summed E-state index contributed by atoms with van der Waals surface area (Å²) in [5.74, 6) is 0.126. The van der Waals surface area contributed by atoms with E-state index in [1.807, 2.05) is 41.0 Å². The molecule has 0 aliphatic heterocycles. The SMILES string of the molecule is O=C(NCCNC(=O)C1CCCCC1)c1ccc(-n2cnc3ccccc32)cc1. The lowest BCUT2D eigenvalue weighted by atomic mass is 9.89. The smallest absolute Gasteiger partial charge is 0.251 e. The highest BCUT2D eigenvalue weighted by Gasteiger charge is 2.20. The minimum Gasteiger partial charge on any atom is -0.354 e. The lowest BCUT2D eigenvalue weighted by molar-refractivity contribution is -0.125. The summed E-state index contributed by atoms with van der Waals surface area (Å²) in [6, 6.07) is 15.4. The Labute approximate surface area is 170 Å². The largest absolute Gasteiger partial charge is 0.354 e. The highest BCUT2D eigenvalue weighted by Crippen LogP contribution is 2.23. The predicted molar refractivity (Wildman–Crippen MR) is 113 cm³/mol. The number of rotatable bonds is 6. The maximum Gasteiger partial charge on any atom is 0.251 e. The van der Waals surface area contributed by atoms with E-state index in [4.69, 9.17) is 0 Å². The van der Waals surface area contributed by atoms with Crippen LogP contribution in [-0.4, -0.2) is 34.5 Å². The molecule has 4 rings (SSSR count). The van der Waals surface area contributed by atoms with Gasteiger partial charge in [0, 0.05) is 30.3 Å². The molecule has 1 saturated carbocycles. The van der Waals surface area contributed by atoms with Crippen LogP contribution in [0.25, 0.3) is 16.7 Å². The van der Waals surface area contributed by atoms with Crippen LogP contribution in [0.2, 0.25) is 0 Å². The summed E-state index contributed by atoms with van der Waals surface area (Å²) in [5.41, 5.74) is 3.51. The Morgan fingerprint density at radius 2 is 1.66 bits per heavy atom. The molecule has 2 aromatic carbocycles. The van der Waals surface area contributed by atoms with E-state index in [0.29, 0.717) is 18.7 Å². The van der Waals surface area contributed by atoms with Gasteiger partial charge in [0.05, 0.1) is 11.0 Å². The van der Waals surface area contributed by atoms with E-state index in [1.54, 1.807) is 18.5 Å². The average Bonchev–Trinajstić information content (AvgIpc) is 3.21. The molecule has 150 valence electrons. The fourth-order valence-corrected chi connectivity index (χ4v) is 3.91. The van der Waals surface area contributed by atoms with Gasteiger partial charge in [0.15, 0.2) is 0 Å². The van der Waals surface area contributed by atoms with Crippen molar-refractivity contribution in [2.45, 2.75) is 32.1 Å². The normalized spacial score (nSPS) is 14.6. The molecule has 29 heavy (non-hydrogen) atoms. The fraction of sp³-hybridized carbons (Fsp3) is 0.348. The average molecular weight is 390 g/mol. The van der Waals surface area contributed by atoms with Gasteiger partial charge in [0.1, 0.15) is 6.33 Å². The number of hydrogen-bond donors (Lipinski definition) is 2. The topological polar surface area (TPSA) is 76.0 Å². The Kier molecular flexibility index (Phi) is 5.89. The van der Waals surface area contributed by atoms with Crippen molar-refractivity contribution in [2.24, 2.45) is 5.92 Å². The number of nitrogens with one attached hydrogen (secondary N) is 2. The van der Waals surface area contributed by atoms with Crippen LogP contribution in [0.4, 0.5) is 0 Å². The van der Waals surface area contributed by atoms with Crippen molar-refractivity contribution >= 4 is 22.8 Å². The number of benzene rings is 2. The molecule has 0 unspecified atom stereocenters. The molecule has 1 fully saturated rings. The van der Waals surface area contributed by atoms with Gasteiger partial charge in [-0.05, 0) is 49.2 Å². The summed E-state index contributed by atoms with van der Waals surface area (Å²) in [6.07, 6.45) is 7.26. The van der Waals surface area contributed by atoms with Crippen LogP contribution in [-0.2, 0) is 4.79 Å². The Hall–Kier alpha value is -3.15. The van der Waals surface area contributed by atoms with Crippen LogP contribution in [0, 0.1) is 5.92 Å². The van der Waals surface area contributed by atoms with Gasteiger partial charge in [-0.3, -0.25) is 14.2 Å². The number of carbonyl (C=O) groups is 2. The molecule has 1 aromatic heterocycles. The van der Waals surface area contributed by atoms with Crippen molar-refractivity contribution in [3.05, 3.63) is 60.4 Å². The second-order valence-electron chi connectivity index (χ2n) is 7.53. The van der Waals surface area contributed by atoms with Gasteiger partial charge in [-0.1, -0.05) is 31.4 Å². The molecule has 0 atom stereocenters. The summed E-state index contributed by atoms with van der Waals surface area (Å²) in [5, 5.41) is 5.81. The molecule has 0 saturated heterocycles. The molecule has 0 radical (unpaired) electrons. The van der Waals surface area contributed by atoms with Crippen LogP contribution in [0.15, 0.2) is 54.9 Å². The van der Waals surface area contributed by atoms with Gasteiger partial charge < -0.3 is 10.6 Å². The number of fused-ring (bicyclic) bond motifs is 1. The number of imidazole rings is 1. The third-order valence-corrected chi connectivity index (χ3v) is 5.55. The highest BCUT2D eigenvalue weighted by atomic mass is 16.2. The zero-order valence-corrected chi connectivity index (χ0v) is 16.4. The number of amides is 2. The molecule has 6 nitrogen and oxygen atoms in total. The van der Waals surface area contributed by atoms with E-state index < -0.39 is 0 Å². The molecule has 2 amide bonds. The number of aromatic nitrogens is 2. The molecular formula is C23H26N4O2. The van der Waals surface area contributed by atoms with Crippen LogP contribution in [0.3, 0.4) is 0 Å². The predicted octanol–water partition coefficient (Wildman–Crippen LogP) is 3.45. The second-order valence-corrected chi connectivity index (χ2v) is 7.53. The fourth-order valence-electron chi connectivity index (χ4n) is 3.91. The quantitative estimate of drug-likeness (QED) is 0.633. The molecular weight excluding hydrogens is 364 g/mol. The van der Waals surface area contributed by atoms with Gasteiger partial charge in [0.25, 0.3) is 5.91 Å².